The van der Waals surface area contributed by atoms with Crippen LogP contribution in [0.15, 0.2) is 0 Å². The zero-order valence-corrected chi connectivity index (χ0v) is 53.0. The predicted octanol–water partition coefficient (Wildman–Crippen LogP) is -15.9. The van der Waals surface area contributed by atoms with Gasteiger partial charge in [0.25, 0.3) is 5.79 Å². The van der Waals surface area contributed by atoms with Crippen molar-refractivity contribution in [2.45, 2.75) is 292 Å². The molecule has 568 valence electrons. The molecule has 25 N–H and O–H groups in total. The summed E-state index contributed by atoms with van der Waals surface area (Å²) >= 11 is 0. The fourth-order valence-electron chi connectivity index (χ4n) is 12.7. The second-order valence-corrected chi connectivity index (χ2v) is 25.3. The Morgan fingerprint density at radius 2 is 0.878 bits per heavy atom. The number of carboxylic acids is 1. The van der Waals surface area contributed by atoms with Gasteiger partial charge in [0, 0.05) is 20.3 Å². The number of carbonyl (C=O) groups excluding carboxylic acids is 2. The van der Waals surface area contributed by atoms with Crippen molar-refractivity contribution in [3.8, 4) is 0 Å². The highest BCUT2D eigenvalue weighted by Gasteiger charge is 2.64. The number of nitrogens with one attached hydrogen (secondary N) is 2. The van der Waals surface area contributed by atoms with E-state index in [0.717, 1.165) is 13.8 Å². The van der Waals surface area contributed by atoms with Gasteiger partial charge in [0.05, 0.1) is 57.5 Å². The molecule has 0 aliphatic carbocycles. The third-order valence-electron chi connectivity index (χ3n) is 18.3. The standard InChI is InChI=1S/C55H92N2O41/c1-12-25(65)33(73)37(77)49(85-12)89-18-6-55(54(82)83,98-45(28(68)17(64)7-58)42(18)94-50-38(78)34(74)26(66)13(2)86-50)97-44-30(70)20(9-60)90-52(40(44)80)95-43-24(57-16(5)63)47(81)88-22(31(43)71)11-84-48-23(56-15(4)62)32(72)41(21(10-61)92-48)93-53-46(36(76)29(69)19(8-59)91-53)96-51-39(79)35(75)27(67)14(3)87-51/h12-14,17-53,58-61,64-81H,6-11H2,1-5H3,(H,56,62)(H,57,63)(H,82,83)/t12-,13-,14-,17+,18-,19+,20+,21+,22+,23+,24+,25+,26+,27+,28+,29-,30-,31-,32+,33+,34+,35+,36-,37-,38-,39-,40+,41+,42+,43+,44-,45-,46+,47-,48+,49-,50-,51-,52-,53-,55+/m0/s1. The van der Waals surface area contributed by atoms with E-state index in [1.54, 1.807) is 0 Å². The Bertz CT molecular complexity index is 2560. The highest BCUT2D eigenvalue weighted by molar-refractivity contribution is 5.76. The molecule has 8 saturated heterocycles. The van der Waals surface area contributed by atoms with Gasteiger partial charge in [-0.15, -0.1) is 0 Å². The van der Waals surface area contributed by atoms with E-state index in [0.29, 0.717) is 0 Å². The lowest BCUT2D eigenvalue weighted by atomic mass is 9.89. The number of aliphatic carboxylic acids is 1. The van der Waals surface area contributed by atoms with Crippen molar-refractivity contribution >= 4 is 17.8 Å². The van der Waals surface area contributed by atoms with Crippen LogP contribution in [0.2, 0.25) is 0 Å². The van der Waals surface area contributed by atoms with Crippen molar-refractivity contribution in [1.82, 2.24) is 10.6 Å². The van der Waals surface area contributed by atoms with Gasteiger partial charge in [-0.3, -0.25) is 9.59 Å². The molecule has 8 fully saturated rings. The lowest BCUT2D eigenvalue weighted by molar-refractivity contribution is -0.408. The molecule has 2 amide bonds. The number of ether oxygens (including phenoxy) is 15. The van der Waals surface area contributed by atoms with Crippen LogP contribution in [0.1, 0.15) is 41.0 Å². The first-order valence-electron chi connectivity index (χ1n) is 31.3. The fourth-order valence-corrected chi connectivity index (χ4v) is 12.7. The summed E-state index contributed by atoms with van der Waals surface area (Å²) in [7, 11) is 0. The molecular formula is C55H92N2O41. The number of carbonyl (C=O) groups is 3. The summed E-state index contributed by atoms with van der Waals surface area (Å²) in [5.74, 6) is -7.55. The zero-order valence-electron chi connectivity index (χ0n) is 53.0. The number of amides is 2. The SMILES string of the molecule is CC(=O)N[C@@H]1[C@@H](O[C@@H]2O[C@H](CO)[C@H](O)[C@H](O[C@]3(C(=O)O)C[C@H](O[C@@H]4O[C@@H](C)[C@@H](O)[C@@H](O)[C@@H]4O)[C@@H](O[C@@H]4O[C@@H](C)[C@@H](O)[C@@H](O)[C@@H]4O)[C@H]([C@H](O)[C@H](O)CO)O3)[C@H]2O)[C@@H](O)[C@@H](CO[C@@H]2O[C@H](CO)[C@@H](O[C@@H]3O[C@H](CO)[C@H](O)[C@H](O)[C@H]3O[C@@H]3O[C@@H](C)[C@@H](O)[C@@H](O)[C@@H]3O)[C@H](O)[C@H]2NC(C)=O)O[C@@H]1O. The maximum atomic E-state index is 13.9. The maximum Gasteiger partial charge on any atom is 0.364 e. The highest BCUT2D eigenvalue weighted by Crippen LogP contribution is 2.43. The summed E-state index contributed by atoms with van der Waals surface area (Å²) < 4.78 is 87.4. The Labute approximate surface area is 555 Å². The van der Waals surface area contributed by atoms with Crippen LogP contribution in [-0.4, -0.2) is 419 Å². The smallest absolute Gasteiger partial charge is 0.364 e. The van der Waals surface area contributed by atoms with E-state index in [1.165, 1.54) is 20.8 Å². The minimum absolute atomic E-state index is 0.876. The first kappa shape index (κ1) is 80.6. The van der Waals surface area contributed by atoms with E-state index in [2.05, 4.69) is 10.6 Å². The minimum Gasteiger partial charge on any atom is -0.477 e. The second-order valence-electron chi connectivity index (χ2n) is 25.3. The molecule has 0 aromatic carbocycles. The first-order chi connectivity index (χ1) is 46.0. The maximum absolute atomic E-state index is 13.9. The number of hydrogen-bond donors (Lipinski definition) is 25. The molecular weight excluding hydrogens is 1340 g/mol. The van der Waals surface area contributed by atoms with Crippen LogP contribution in [0.5, 0.6) is 0 Å². The number of aliphatic hydroxyl groups is 22. The molecule has 8 heterocycles. The average molecular weight is 1440 g/mol. The Balaban J connectivity index is 1.06. The normalized spacial score (nSPS) is 50.2. The van der Waals surface area contributed by atoms with Crippen LogP contribution in [-0.2, 0) is 85.4 Å². The lowest BCUT2D eigenvalue weighted by Gasteiger charge is -2.52. The highest BCUT2D eigenvalue weighted by atomic mass is 16.8. The molecule has 0 unspecified atom stereocenters. The molecule has 0 bridgehead atoms. The molecule has 0 radical (unpaired) electrons. The molecule has 98 heavy (non-hydrogen) atoms. The number of rotatable bonds is 24. The van der Waals surface area contributed by atoms with Crippen LogP contribution in [0.3, 0.4) is 0 Å². The van der Waals surface area contributed by atoms with Gasteiger partial charge in [0.15, 0.2) is 44.0 Å². The molecule has 41 atom stereocenters. The van der Waals surface area contributed by atoms with Gasteiger partial charge in [0.1, 0.15) is 177 Å². The van der Waals surface area contributed by atoms with Crippen LogP contribution in [0.25, 0.3) is 0 Å². The van der Waals surface area contributed by atoms with Gasteiger partial charge >= 0.3 is 5.97 Å². The van der Waals surface area contributed by atoms with E-state index in [9.17, 15) is 132 Å². The molecule has 43 nitrogen and oxygen atoms in total. The second kappa shape index (κ2) is 33.8. The third kappa shape index (κ3) is 17.0. The minimum atomic E-state index is -3.50. The summed E-state index contributed by atoms with van der Waals surface area (Å²) in [6, 6.07) is -3.69. The third-order valence-corrected chi connectivity index (χ3v) is 18.3. The zero-order chi connectivity index (χ0) is 72.6. The molecule has 0 aromatic heterocycles. The number of hydrogen-bond acceptors (Lipinski definition) is 40. The van der Waals surface area contributed by atoms with Gasteiger partial charge < -0.3 is 199 Å². The van der Waals surface area contributed by atoms with Gasteiger partial charge in [-0.05, 0) is 20.8 Å². The molecule has 43 heteroatoms. The predicted molar refractivity (Wildman–Crippen MR) is 301 cm³/mol. The Kier molecular flexibility index (Phi) is 27.8. The quantitative estimate of drug-likeness (QED) is 0.0427. The van der Waals surface area contributed by atoms with Gasteiger partial charge in [0.2, 0.25) is 11.8 Å². The van der Waals surface area contributed by atoms with E-state index in [-0.39, 0.29) is 0 Å². The van der Waals surface area contributed by atoms with Crippen LogP contribution in [0.4, 0.5) is 0 Å². The summed E-state index contributed by atoms with van der Waals surface area (Å²) in [5, 5.41) is 257. The van der Waals surface area contributed by atoms with Gasteiger partial charge in [-0.25, -0.2) is 4.79 Å². The molecule has 8 aliphatic rings. The van der Waals surface area contributed by atoms with Crippen molar-refractivity contribution in [1.29, 1.82) is 0 Å². The van der Waals surface area contributed by atoms with Crippen LogP contribution >= 0.6 is 0 Å². The summed E-state index contributed by atoms with van der Waals surface area (Å²) in [6.45, 7) is 0.0843. The van der Waals surface area contributed by atoms with Crippen LogP contribution < -0.4 is 10.6 Å². The van der Waals surface area contributed by atoms with Gasteiger partial charge in [-0.2, -0.15) is 0 Å². The average Bonchev–Trinajstić information content (AvgIpc) is 0.744. The van der Waals surface area contributed by atoms with Crippen molar-refractivity contribution in [2.24, 2.45) is 0 Å². The van der Waals surface area contributed by atoms with E-state index < -0.39 is 308 Å². The monoisotopic (exact) mass is 1440 g/mol. The lowest BCUT2D eigenvalue weighted by Crippen LogP contribution is -2.71. The molecule has 0 spiro atoms. The number of carboxylic acid groups (broad SMARTS) is 1. The summed E-state index contributed by atoms with van der Waals surface area (Å²) in [6.07, 6.45) is -78.0. The Morgan fingerprint density at radius 3 is 1.38 bits per heavy atom. The fraction of sp³-hybridized carbons (Fsp3) is 0.945. The first-order valence-corrected chi connectivity index (χ1v) is 31.3. The molecule has 8 rings (SSSR count). The molecule has 0 saturated carbocycles. The van der Waals surface area contributed by atoms with Crippen molar-refractivity contribution < 1.29 is 203 Å². The summed E-state index contributed by atoms with van der Waals surface area (Å²) in [4.78, 5) is 39.4. The Hall–Kier alpha value is -3.07. The molecule has 0 aromatic rings. The summed E-state index contributed by atoms with van der Waals surface area (Å²) in [5.41, 5.74) is 0. The topological polar surface area (TPSA) is 679 Å². The largest absolute Gasteiger partial charge is 0.477 e. The van der Waals surface area contributed by atoms with Gasteiger partial charge in [-0.1, -0.05) is 0 Å². The van der Waals surface area contributed by atoms with Crippen molar-refractivity contribution in [2.75, 3.05) is 33.0 Å². The molecule has 8 aliphatic heterocycles. The Morgan fingerprint density at radius 1 is 0.439 bits per heavy atom. The van der Waals surface area contributed by atoms with E-state index in [1.807, 2.05) is 0 Å². The van der Waals surface area contributed by atoms with Crippen LogP contribution in [0, 0.1) is 0 Å². The van der Waals surface area contributed by atoms with Crippen molar-refractivity contribution in [3.05, 3.63) is 0 Å². The van der Waals surface area contributed by atoms with E-state index in [4.69, 9.17) is 71.1 Å². The van der Waals surface area contributed by atoms with Crippen molar-refractivity contribution in [3.63, 3.8) is 0 Å². The number of aliphatic hydroxyl groups excluding tert-OH is 22. The van der Waals surface area contributed by atoms with E-state index >= 15 is 0 Å².